The summed E-state index contributed by atoms with van der Waals surface area (Å²) in [6, 6.07) is 8.87. The molecule has 0 radical (unpaired) electrons. The number of methoxy groups -OCH3 is 1. The van der Waals surface area contributed by atoms with Gasteiger partial charge in [-0.15, -0.1) is 0 Å². The third-order valence-electron chi connectivity index (χ3n) is 2.43. The van der Waals surface area contributed by atoms with Gasteiger partial charge in [0.15, 0.2) is 11.5 Å². The quantitative estimate of drug-likeness (QED) is 0.684. The number of hydrogen-bond donors (Lipinski definition) is 3. The fraction of sp³-hybridized carbons (Fsp3) is 0.0667. The number of benzene rings is 2. The molecule has 0 aromatic heterocycles. The second kappa shape index (κ2) is 5.23. The van der Waals surface area contributed by atoms with Crippen LogP contribution in [0.2, 0.25) is 0 Å². The Kier molecular flexibility index (Phi) is 3.48. The monoisotopic (exact) mass is 256 g/mol. The molecule has 0 aliphatic rings. The minimum Gasteiger partial charge on any atom is -0.508 e. The molecule has 0 fully saturated rings. The normalized spacial score (nSPS) is 9.53. The molecule has 4 heteroatoms. The van der Waals surface area contributed by atoms with Gasteiger partial charge in [-0.05, 0) is 30.3 Å². The maximum atomic E-state index is 9.45. The highest BCUT2D eigenvalue weighted by Gasteiger charge is 2.00. The van der Waals surface area contributed by atoms with Crippen LogP contribution in [0.25, 0.3) is 0 Å². The first-order chi connectivity index (χ1) is 9.08. The number of rotatable bonds is 1. The summed E-state index contributed by atoms with van der Waals surface area (Å²) in [4.78, 5) is 0. The van der Waals surface area contributed by atoms with Gasteiger partial charge in [-0.3, -0.25) is 0 Å². The van der Waals surface area contributed by atoms with Crippen LogP contribution in [0.5, 0.6) is 23.0 Å². The van der Waals surface area contributed by atoms with Gasteiger partial charge < -0.3 is 20.1 Å². The summed E-state index contributed by atoms with van der Waals surface area (Å²) in [7, 11) is 1.46. The molecular weight excluding hydrogens is 244 g/mol. The van der Waals surface area contributed by atoms with Gasteiger partial charge in [0.1, 0.15) is 11.5 Å². The van der Waals surface area contributed by atoms with E-state index in [1.54, 1.807) is 12.1 Å². The van der Waals surface area contributed by atoms with E-state index in [-0.39, 0.29) is 17.2 Å². The van der Waals surface area contributed by atoms with Gasteiger partial charge >= 0.3 is 0 Å². The summed E-state index contributed by atoms with van der Waals surface area (Å²) in [6.07, 6.45) is 0. The fourth-order valence-electron chi connectivity index (χ4n) is 1.57. The zero-order valence-corrected chi connectivity index (χ0v) is 10.2. The second-order valence-corrected chi connectivity index (χ2v) is 3.87. The van der Waals surface area contributed by atoms with Crippen LogP contribution in [0.3, 0.4) is 0 Å². The van der Waals surface area contributed by atoms with Crippen LogP contribution in [0, 0.1) is 11.8 Å². The molecule has 0 saturated carbocycles. The first-order valence-corrected chi connectivity index (χ1v) is 5.50. The van der Waals surface area contributed by atoms with E-state index in [2.05, 4.69) is 11.8 Å². The fourth-order valence-corrected chi connectivity index (χ4v) is 1.57. The number of phenolic OH excluding ortho intramolecular Hbond substituents is 3. The molecule has 0 aliphatic heterocycles. The topological polar surface area (TPSA) is 69.9 Å². The summed E-state index contributed by atoms with van der Waals surface area (Å²) >= 11 is 0. The van der Waals surface area contributed by atoms with Gasteiger partial charge in [0.2, 0.25) is 0 Å². The van der Waals surface area contributed by atoms with Gasteiger partial charge in [-0.1, -0.05) is 11.8 Å². The zero-order chi connectivity index (χ0) is 13.8. The van der Waals surface area contributed by atoms with Crippen LogP contribution < -0.4 is 4.74 Å². The zero-order valence-electron chi connectivity index (χ0n) is 10.2. The lowest BCUT2D eigenvalue weighted by molar-refractivity contribution is 0.373. The molecular formula is C15H12O4. The molecule has 2 aromatic carbocycles. The molecule has 2 aromatic rings. The average molecular weight is 256 g/mol. The number of aromatic hydroxyl groups is 3. The minimum atomic E-state index is -0.0485. The standard InChI is InChI=1S/C15H12O4/c1-19-15-8-10(4-5-14(15)18)2-3-11-6-12(16)9-13(17)7-11/h4-9,16-18H,1H3. The molecule has 0 spiro atoms. The van der Waals surface area contributed by atoms with E-state index < -0.39 is 0 Å². The molecule has 0 amide bonds. The van der Waals surface area contributed by atoms with Crippen molar-refractivity contribution in [3.05, 3.63) is 47.5 Å². The molecule has 2 rings (SSSR count). The van der Waals surface area contributed by atoms with E-state index in [1.165, 1.54) is 31.4 Å². The Balaban J connectivity index is 2.33. The van der Waals surface area contributed by atoms with E-state index >= 15 is 0 Å². The molecule has 0 saturated heterocycles. The molecule has 96 valence electrons. The molecule has 0 bridgehead atoms. The smallest absolute Gasteiger partial charge is 0.161 e. The van der Waals surface area contributed by atoms with Crippen molar-refractivity contribution in [3.8, 4) is 34.8 Å². The summed E-state index contributed by atoms with van der Waals surface area (Å²) in [5.41, 5.74) is 1.14. The predicted molar refractivity (Wildman–Crippen MR) is 70.4 cm³/mol. The average Bonchev–Trinajstić information content (AvgIpc) is 2.36. The van der Waals surface area contributed by atoms with Gasteiger partial charge in [-0.2, -0.15) is 0 Å². The number of hydrogen-bond acceptors (Lipinski definition) is 4. The van der Waals surface area contributed by atoms with Crippen LogP contribution in [0.4, 0.5) is 0 Å². The highest BCUT2D eigenvalue weighted by Crippen LogP contribution is 2.26. The minimum absolute atomic E-state index is 0.0445. The Bertz CT molecular complexity index is 645. The largest absolute Gasteiger partial charge is 0.508 e. The van der Waals surface area contributed by atoms with E-state index in [0.29, 0.717) is 16.9 Å². The lowest BCUT2D eigenvalue weighted by Crippen LogP contribution is -1.84. The van der Waals surface area contributed by atoms with Crippen molar-refractivity contribution in [1.82, 2.24) is 0 Å². The van der Waals surface area contributed by atoms with Gasteiger partial charge in [0.25, 0.3) is 0 Å². The Labute approximate surface area is 110 Å². The number of ether oxygens (including phenoxy) is 1. The molecule has 4 nitrogen and oxygen atoms in total. The predicted octanol–water partition coefficient (Wildman–Crippen LogP) is 2.21. The lowest BCUT2D eigenvalue weighted by atomic mass is 10.1. The maximum absolute atomic E-state index is 9.45. The summed E-state index contributed by atoms with van der Waals surface area (Å²) in [6.45, 7) is 0. The Morgan fingerprint density at radius 2 is 1.47 bits per heavy atom. The van der Waals surface area contributed by atoms with Crippen molar-refractivity contribution in [3.63, 3.8) is 0 Å². The Morgan fingerprint density at radius 3 is 2.11 bits per heavy atom. The Hall–Kier alpha value is -2.80. The lowest BCUT2D eigenvalue weighted by Gasteiger charge is -2.02. The summed E-state index contributed by atoms with van der Waals surface area (Å²) < 4.78 is 4.98. The summed E-state index contributed by atoms with van der Waals surface area (Å²) in [5, 5.41) is 28.1. The van der Waals surface area contributed by atoms with Crippen molar-refractivity contribution < 1.29 is 20.1 Å². The second-order valence-electron chi connectivity index (χ2n) is 3.87. The highest BCUT2D eigenvalue weighted by atomic mass is 16.5. The van der Waals surface area contributed by atoms with Crippen LogP contribution in [-0.4, -0.2) is 22.4 Å². The first-order valence-electron chi connectivity index (χ1n) is 5.50. The van der Waals surface area contributed by atoms with Crippen molar-refractivity contribution >= 4 is 0 Å². The highest BCUT2D eigenvalue weighted by molar-refractivity contribution is 5.51. The van der Waals surface area contributed by atoms with Crippen molar-refractivity contribution in [2.24, 2.45) is 0 Å². The SMILES string of the molecule is COc1cc(C#Cc2cc(O)cc(O)c2)ccc1O. The molecule has 0 atom stereocenters. The summed E-state index contributed by atoms with van der Waals surface area (Å²) in [5.74, 6) is 5.95. The third kappa shape index (κ3) is 3.11. The molecule has 3 N–H and O–H groups in total. The third-order valence-corrected chi connectivity index (χ3v) is 2.43. The maximum Gasteiger partial charge on any atom is 0.161 e. The molecule has 0 aliphatic carbocycles. The van der Waals surface area contributed by atoms with E-state index in [1.807, 2.05) is 0 Å². The first kappa shape index (κ1) is 12.7. The van der Waals surface area contributed by atoms with Crippen molar-refractivity contribution in [2.75, 3.05) is 7.11 Å². The van der Waals surface area contributed by atoms with Crippen LogP contribution in [0.15, 0.2) is 36.4 Å². The molecule has 0 unspecified atom stereocenters. The van der Waals surface area contributed by atoms with Crippen LogP contribution in [0.1, 0.15) is 11.1 Å². The van der Waals surface area contributed by atoms with Gasteiger partial charge in [0.05, 0.1) is 7.11 Å². The molecule has 0 heterocycles. The Morgan fingerprint density at radius 1 is 0.842 bits per heavy atom. The van der Waals surface area contributed by atoms with Gasteiger partial charge in [-0.25, -0.2) is 0 Å². The van der Waals surface area contributed by atoms with E-state index in [4.69, 9.17) is 4.74 Å². The van der Waals surface area contributed by atoms with Crippen molar-refractivity contribution in [1.29, 1.82) is 0 Å². The van der Waals surface area contributed by atoms with Crippen LogP contribution >= 0.6 is 0 Å². The van der Waals surface area contributed by atoms with Crippen LogP contribution in [-0.2, 0) is 0 Å². The van der Waals surface area contributed by atoms with E-state index in [0.717, 1.165) is 0 Å². The van der Waals surface area contributed by atoms with E-state index in [9.17, 15) is 15.3 Å². The number of phenols is 3. The molecule has 19 heavy (non-hydrogen) atoms. The van der Waals surface area contributed by atoms with Crippen molar-refractivity contribution in [2.45, 2.75) is 0 Å². The van der Waals surface area contributed by atoms with Gasteiger partial charge in [0, 0.05) is 17.2 Å².